The van der Waals surface area contributed by atoms with Crippen LogP contribution < -0.4 is 10.3 Å². The van der Waals surface area contributed by atoms with Crippen molar-refractivity contribution in [3.05, 3.63) is 52.3 Å². The maximum atomic E-state index is 11.5. The van der Waals surface area contributed by atoms with Crippen LogP contribution in [0.2, 0.25) is 0 Å². The molecule has 1 heterocycles. The smallest absolute Gasteiger partial charge is 0.335 e. The van der Waals surface area contributed by atoms with Gasteiger partial charge in [0.1, 0.15) is 5.75 Å². The Bertz CT molecular complexity index is 658. The van der Waals surface area contributed by atoms with Crippen LogP contribution in [-0.2, 0) is 0 Å². The molecule has 0 atom stereocenters. The minimum absolute atomic E-state index is 0.0324. The molecule has 2 rings (SSSR count). The molecular formula is C15H15NO4. The highest BCUT2D eigenvalue weighted by molar-refractivity contribution is 5.88. The molecule has 2 aromatic rings. The first-order chi connectivity index (χ1) is 9.60. The number of aromatic carboxylic acids is 1. The molecule has 0 aliphatic carbocycles. The second-order valence-electron chi connectivity index (χ2n) is 4.32. The van der Waals surface area contributed by atoms with Crippen molar-refractivity contribution in [3.63, 3.8) is 0 Å². The van der Waals surface area contributed by atoms with E-state index in [-0.39, 0.29) is 5.56 Å². The van der Waals surface area contributed by atoms with Crippen molar-refractivity contribution in [2.45, 2.75) is 13.3 Å². The molecule has 0 bridgehead atoms. The topological polar surface area (TPSA) is 79.4 Å². The minimum Gasteiger partial charge on any atom is -0.494 e. The van der Waals surface area contributed by atoms with Crippen LogP contribution >= 0.6 is 0 Å². The second kappa shape index (κ2) is 6.06. The van der Waals surface area contributed by atoms with Gasteiger partial charge in [0.15, 0.2) is 0 Å². The first kappa shape index (κ1) is 13.9. The molecule has 0 aliphatic rings. The Morgan fingerprint density at radius 2 is 1.95 bits per heavy atom. The molecule has 5 heteroatoms. The number of H-pyrrole nitrogens is 1. The van der Waals surface area contributed by atoms with Crippen molar-refractivity contribution >= 4 is 5.97 Å². The summed E-state index contributed by atoms with van der Waals surface area (Å²) in [5, 5.41) is 8.95. The third kappa shape index (κ3) is 3.26. The summed E-state index contributed by atoms with van der Waals surface area (Å²) in [5.74, 6) is -0.382. The average molecular weight is 273 g/mol. The highest BCUT2D eigenvalue weighted by atomic mass is 16.5. The predicted molar refractivity (Wildman–Crippen MR) is 75.2 cm³/mol. The Labute approximate surface area is 115 Å². The van der Waals surface area contributed by atoms with Crippen molar-refractivity contribution in [1.82, 2.24) is 4.98 Å². The van der Waals surface area contributed by atoms with Gasteiger partial charge in [-0.3, -0.25) is 4.79 Å². The lowest BCUT2D eigenvalue weighted by atomic mass is 10.1. The van der Waals surface area contributed by atoms with Gasteiger partial charge < -0.3 is 14.8 Å². The van der Waals surface area contributed by atoms with Crippen molar-refractivity contribution in [2.75, 3.05) is 6.61 Å². The summed E-state index contributed by atoms with van der Waals surface area (Å²) in [4.78, 5) is 25.0. The van der Waals surface area contributed by atoms with E-state index in [2.05, 4.69) is 4.98 Å². The van der Waals surface area contributed by atoms with Gasteiger partial charge in [-0.15, -0.1) is 0 Å². The van der Waals surface area contributed by atoms with Crippen LogP contribution in [0.5, 0.6) is 5.75 Å². The highest BCUT2D eigenvalue weighted by Gasteiger charge is 2.07. The van der Waals surface area contributed by atoms with E-state index in [4.69, 9.17) is 9.84 Å². The van der Waals surface area contributed by atoms with Gasteiger partial charge >= 0.3 is 5.97 Å². The van der Waals surface area contributed by atoms with Crippen molar-refractivity contribution < 1.29 is 14.6 Å². The molecule has 1 aromatic carbocycles. The summed E-state index contributed by atoms with van der Waals surface area (Å²) in [6, 6.07) is 9.63. The molecule has 0 saturated heterocycles. The van der Waals surface area contributed by atoms with Crippen LogP contribution in [0.15, 0.2) is 41.2 Å². The van der Waals surface area contributed by atoms with E-state index >= 15 is 0 Å². The number of rotatable bonds is 5. The van der Waals surface area contributed by atoms with Gasteiger partial charge in [0.05, 0.1) is 12.2 Å². The molecule has 5 nitrogen and oxygen atoms in total. The first-order valence-electron chi connectivity index (χ1n) is 6.31. The molecule has 0 unspecified atom stereocenters. The molecule has 0 saturated carbocycles. The van der Waals surface area contributed by atoms with E-state index in [0.29, 0.717) is 12.3 Å². The fourth-order valence-electron chi connectivity index (χ4n) is 1.77. The van der Waals surface area contributed by atoms with Gasteiger partial charge in [-0.2, -0.15) is 0 Å². The monoisotopic (exact) mass is 273 g/mol. The lowest BCUT2D eigenvalue weighted by Crippen LogP contribution is -2.10. The molecule has 20 heavy (non-hydrogen) atoms. The van der Waals surface area contributed by atoms with Gasteiger partial charge in [-0.05, 0) is 42.3 Å². The number of carbonyl (C=O) groups is 1. The predicted octanol–water partition coefficient (Wildman–Crippen LogP) is 2.53. The van der Waals surface area contributed by atoms with Crippen LogP contribution in [0.1, 0.15) is 23.7 Å². The summed E-state index contributed by atoms with van der Waals surface area (Å²) in [6.45, 7) is 2.67. The van der Waals surface area contributed by atoms with Gasteiger partial charge in [-0.25, -0.2) is 4.79 Å². The Hall–Kier alpha value is -2.56. The average Bonchev–Trinajstić information content (AvgIpc) is 2.45. The van der Waals surface area contributed by atoms with E-state index in [1.54, 1.807) is 24.3 Å². The highest BCUT2D eigenvalue weighted by Crippen LogP contribution is 2.20. The summed E-state index contributed by atoms with van der Waals surface area (Å²) >= 11 is 0. The zero-order valence-corrected chi connectivity index (χ0v) is 11.1. The number of pyridine rings is 1. The van der Waals surface area contributed by atoms with E-state index in [9.17, 15) is 9.59 Å². The Morgan fingerprint density at radius 3 is 2.55 bits per heavy atom. The molecule has 0 fully saturated rings. The fourth-order valence-corrected chi connectivity index (χ4v) is 1.77. The summed E-state index contributed by atoms with van der Waals surface area (Å²) in [7, 11) is 0. The van der Waals surface area contributed by atoms with Crippen molar-refractivity contribution in [1.29, 1.82) is 0 Å². The van der Waals surface area contributed by atoms with Crippen LogP contribution in [-0.4, -0.2) is 22.7 Å². The molecule has 104 valence electrons. The number of hydrogen-bond donors (Lipinski definition) is 2. The second-order valence-corrected chi connectivity index (χ2v) is 4.32. The zero-order valence-electron chi connectivity index (χ0n) is 11.1. The van der Waals surface area contributed by atoms with E-state index in [1.807, 2.05) is 6.92 Å². The normalized spacial score (nSPS) is 10.2. The van der Waals surface area contributed by atoms with Crippen LogP contribution in [0.25, 0.3) is 11.3 Å². The summed E-state index contributed by atoms with van der Waals surface area (Å²) in [6.07, 6.45) is 0.926. The Kier molecular flexibility index (Phi) is 4.20. The number of carboxylic acid groups (broad SMARTS) is 1. The fraction of sp³-hybridized carbons (Fsp3) is 0.200. The zero-order chi connectivity index (χ0) is 14.5. The lowest BCUT2D eigenvalue weighted by Gasteiger charge is -2.06. The van der Waals surface area contributed by atoms with E-state index < -0.39 is 11.5 Å². The maximum Gasteiger partial charge on any atom is 0.335 e. The van der Waals surface area contributed by atoms with Gasteiger partial charge in [0, 0.05) is 11.8 Å². The van der Waals surface area contributed by atoms with E-state index in [1.165, 1.54) is 6.07 Å². The minimum atomic E-state index is -1.12. The number of benzene rings is 1. The molecule has 0 aliphatic heterocycles. The van der Waals surface area contributed by atoms with Crippen molar-refractivity contribution in [2.24, 2.45) is 0 Å². The number of aromatic amines is 1. The standard InChI is InChI=1S/C15H15NO4/c1-2-7-20-12-5-3-10(4-6-12)13-8-11(15(18)19)9-14(17)16-13/h3-6,8-9H,2,7H2,1H3,(H,16,17)(H,18,19). The summed E-state index contributed by atoms with van der Waals surface area (Å²) < 4.78 is 5.47. The van der Waals surface area contributed by atoms with Gasteiger partial charge in [0.2, 0.25) is 5.56 Å². The third-order valence-electron chi connectivity index (χ3n) is 2.73. The number of aromatic nitrogens is 1. The van der Waals surface area contributed by atoms with Crippen LogP contribution in [0.3, 0.4) is 0 Å². The molecule has 0 radical (unpaired) electrons. The van der Waals surface area contributed by atoms with Crippen molar-refractivity contribution in [3.8, 4) is 17.0 Å². The summed E-state index contributed by atoms with van der Waals surface area (Å²) in [5.41, 5.74) is 0.729. The van der Waals surface area contributed by atoms with Gasteiger partial charge in [-0.1, -0.05) is 6.92 Å². The molecular weight excluding hydrogens is 258 g/mol. The van der Waals surface area contributed by atoms with Crippen LogP contribution in [0, 0.1) is 0 Å². The first-order valence-corrected chi connectivity index (χ1v) is 6.31. The Balaban J connectivity index is 2.31. The third-order valence-corrected chi connectivity index (χ3v) is 2.73. The van der Waals surface area contributed by atoms with Gasteiger partial charge in [0.25, 0.3) is 0 Å². The molecule has 2 N–H and O–H groups in total. The SMILES string of the molecule is CCCOc1ccc(-c2cc(C(=O)O)cc(=O)[nH]2)cc1. The molecule has 0 amide bonds. The quantitative estimate of drug-likeness (QED) is 0.877. The maximum absolute atomic E-state index is 11.5. The lowest BCUT2D eigenvalue weighted by molar-refractivity contribution is 0.0696. The number of hydrogen-bond acceptors (Lipinski definition) is 3. The van der Waals surface area contributed by atoms with E-state index in [0.717, 1.165) is 23.8 Å². The molecule has 0 spiro atoms. The number of nitrogens with one attached hydrogen (secondary N) is 1. The number of ether oxygens (including phenoxy) is 1. The van der Waals surface area contributed by atoms with Crippen LogP contribution in [0.4, 0.5) is 0 Å². The Morgan fingerprint density at radius 1 is 1.25 bits per heavy atom. The largest absolute Gasteiger partial charge is 0.494 e. The molecule has 1 aromatic heterocycles. The number of carboxylic acids is 1.